The van der Waals surface area contributed by atoms with Gasteiger partial charge < -0.3 is 14.2 Å². The van der Waals surface area contributed by atoms with E-state index in [1.165, 1.54) is 30.0 Å². The maximum atomic E-state index is 13.0. The minimum absolute atomic E-state index is 0.0695. The second-order valence-corrected chi connectivity index (χ2v) is 9.71. The van der Waals surface area contributed by atoms with Crippen LogP contribution in [-0.2, 0) is 11.2 Å². The van der Waals surface area contributed by atoms with Crippen molar-refractivity contribution in [2.24, 2.45) is 0 Å². The molecule has 0 atom stereocenters. The van der Waals surface area contributed by atoms with E-state index < -0.39 is 10.9 Å². The number of esters is 1. The highest BCUT2D eigenvalue weighted by Gasteiger charge is 2.31. The number of non-ortho nitro benzene ring substituents is 1. The van der Waals surface area contributed by atoms with Gasteiger partial charge in [-0.25, -0.2) is 4.79 Å². The Hall–Kier alpha value is -4.22. The fourth-order valence-corrected chi connectivity index (χ4v) is 4.97. The van der Waals surface area contributed by atoms with Crippen molar-refractivity contribution in [1.29, 1.82) is 0 Å². The molecule has 0 aliphatic carbocycles. The van der Waals surface area contributed by atoms with E-state index in [9.17, 15) is 19.7 Å². The van der Waals surface area contributed by atoms with E-state index in [0.29, 0.717) is 33.7 Å². The summed E-state index contributed by atoms with van der Waals surface area (Å²) in [6.45, 7) is 0.421. The van der Waals surface area contributed by atoms with Crippen LogP contribution in [0.15, 0.2) is 71.6 Å². The van der Waals surface area contributed by atoms with E-state index in [2.05, 4.69) is 0 Å². The van der Waals surface area contributed by atoms with Crippen LogP contribution in [0.3, 0.4) is 0 Å². The van der Waals surface area contributed by atoms with Gasteiger partial charge in [0.2, 0.25) is 0 Å². The molecule has 194 valence electrons. The van der Waals surface area contributed by atoms with Crippen LogP contribution in [-0.4, -0.2) is 46.8 Å². The Morgan fingerprint density at radius 1 is 1.05 bits per heavy atom. The number of thioether (sulfide) groups is 1. The highest BCUT2D eigenvalue weighted by Crippen LogP contribution is 2.33. The monoisotopic (exact) mass is 550 g/mol. The highest BCUT2D eigenvalue weighted by molar-refractivity contribution is 8.26. The fourth-order valence-electron chi connectivity index (χ4n) is 3.67. The number of benzene rings is 3. The lowest BCUT2D eigenvalue weighted by Gasteiger charge is -2.15. The van der Waals surface area contributed by atoms with Crippen LogP contribution >= 0.6 is 24.0 Å². The molecule has 0 radical (unpaired) electrons. The summed E-state index contributed by atoms with van der Waals surface area (Å²) in [6, 6.07) is 17.5. The van der Waals surface area contributed by atoms with Crippen LogP contribution in [0.5, 0.6) is 17.2 Å². The second kappa shape index (κ2) is 11.9. The first-order chi connectivity index (χ1) is 18.3. The molecule has 4 rings (SSSR count). The maximum Gasteiger partial charge on any atom is 0.343 e. The van der Waals surface area contributed by atoms with E-state index in [0.717, 1.165) is 17.2 Å². The van der Waals surface area contributed by atoms with Gasteiger partial charge in [0, 0.05) is 18.7 Å². The number of ether oxygens (including phenoxy) is 3. The first-order valence-electron chi connectivity index (χ1n) is 11.3. The Bertz CT molecular complexity index is 1440. The Labute approximate surface area is 228 Å². The molecule has 0 unspecified atom stereocenters. The minimum atomic E-state index is -0.711. The number of rotatable bonds is 9. The second-order valence-electron chi connectivity index (χ2n) is 8.04. The first-order valence-corrected chi connectivity index (χ1v) is 12.5. The molecule has 0 N–H and O–H groups in total. The van der Waals surface area contributed by atoms with Gasteiger partial charge in [0.1, 0.15) is 10.1 Å². The molecule has 0 saturated carbocycles. The summed E-state index contributed by atoms with van der Waals surface area (Å²) in [4.78, 5) is 37.8. The van der Waals surface area contributed by atoms with Crippen LogP contribution in [0.1, 0.15) is 21.5 Å². The molecule has 3 aromatic carbocycles. The standard InChI is InChI=1S/C27H22N2O7S2/c1-34-22-11-8-18(14-23(22)35-2)12-13-28-25(30)24(38-27(28)37)15-17-6-9-21(10-7-17)36-26(31)19-4-3-5-20(16-19)29(32)33/h3-11,14-16H,12-13H2,1-2H3. The van der Waals surface area contributed by atoms with Crippen molar-refractivity contribution in [3.8, 4) is 17.2 Å². The van der Waals surface area contributed by atoms with Gasteiger partial charge in [0.25, 0.3) is 11.6 Å². The zero-order valence-corrected chi connectivity index (χ0v) is 22.0. The molecule has 1 amide bonds. The summed E-state index contributed by atoms with van der Waals surface area (Å²) in [6.07, 6.45) is 2.31. The average Bonchev–Trinajstić information content (AvgIpc) is 3.19. The molecule has 9 nitrogen and oxygen atoms in total. The molecule has 1 aliphatic rings. The molecular formula is C27H22N2O7S2. The number of amides is 1. The predicted molar refractivity (Wildman–Crippen MR) is 148 cm³/mol. The molecule has 11 heteroatoms. The fraction of sp³-hybridized carbons (Fsp3) is 0.148. The van der Waals surface area contributed by atoms with Gasteiger partial charge in [-0.05, 0) is 54.0 Å². The summed E-state index contributed by atoms with van der Waals surface area (Å²) >= 11 is 6.66. The van der Waals surface area contributed by atoms with Crippen LogP contribution in [0.4, 0.5) is 5.69 Å². The van der Waals surface area contributed by atoms with Crippen molar-refractivity contribution in [2.45, 2.75) is 6.42 Å². The van der Waals surface area contributed by atoms with Crippen molar-refractivity contribution in [2.75, 3.05) is 20.8 Å². The number of hydrogen-bond acceptors (Lipinski definition) is 9. The number of thiocarbonyl (C=S) groups is 1. The number of hydrogen-bond donors (Lipinski definition) is 0. The van der Waals surface area contributed by atoms with Crippen molar-refractivity contribution >= 4 is 51.9 Å². The summed E-state index contributed by atoms with van der Waals surface area (Å²) < 4.78 is 16.4. The molecular weight excluding hydrogens is 528 g/mol. The van der Waals surface area contributed by atoms with E-state index >= 15 is 0 Å². The summed E-state index contributed by atoms with van der Waals surface area (Å²) in [7, 11) is 3.15. The van der Waals surface area contributed by atoms with Gasteiger partial charge in [-0.1, -0.05) is 48.2 Å². The Balaban J connectivity index is 1.39. The average molecular weight is 551 g/mol. The lowest BCUT2D eigenvalue weighted by atomic mass is 10.1. The van der Waals surface area contributed by atoms with Crippen LogP contribution in [0, 0.1) is 10.1 Å². The van der Waals surface area contributed by atoms with Crippen molar-refractivity contribution in [3.05, 3.63) is 98.4 Å². The molecule has 3 aromatic rings. The largest absolute Gasteiger partial charge is 0.493 e. The van der Waals surface area contributed by atoms with Crippen molar-refractivity contribution < 1.29 is 28.7 Å². The lowest BCUT2D eigenvalue weighted by molar-refractivity contribution is -0.384. The molecule has 1 saturated heterocycles. The van der Waals surface area contributed by atoms with Gasteiger partial charge in [0.05, 0.1) is 29.6 Å². The third-order valence-corrected chi connectivity index (χ3v) is 7.00. The van der Waals surface area contributed by atoms with Crippen molar-refractivity contribution in [3.63, 3.8) is 0 Å². The molecule has 1 aliphatic heterocycles. The van der Waals surface area contributed by atoms with Gasteiger partial charge >= 0.3 is 5.97 Å². The van der Waals surface area contributed by atoms with E-state index in [1.807, 2.05) is 18.2 Å². The summed E-state index contributed by atoms with van der Waals surface area (Å²) in [5.41, 5.74) is 1.58. The van der Waals surface area contributed by atoms with Crippen LogP contribution in [0.25, 0.3) is 6.08 Å². The zero-order valence-electron chi connectivity index (χ0n) is 20.4. The van der Waals surface area contributed by atoms with Crippen LogP contribution < -0.4 is 14.2 Å². The third kappa shape index (κ3) is 6.18. The molecule has 38 heavy (non-hydrogen) atoms. The number of methoxy groups -OCH3 is 2. The molecule has 1 fully saturated rings. The first kappa shape index (κ1) is 26.8. The smallest absolute Gasteiger partial charge is 0.343 e. The predicted octanol–water partition coefficient (Wildman–Crippen LogP) is 5.28. The number of nitro benzene ring substituents is 1. The topological polar surface area (TPSA) is 108 Å². The third-order valence-electron chi connectivity index (χ3n) is 5.63. The molecule has 0 spiro atoms. The van der Waals surface area contributed by atoms with Crippen molar-refractivity contribution in [1.82, 2.24) is 4.90 Å². The summed E-state index contributed by atoms with van der Waals surface area (Å²) in [5.74, 6) is 0.628. The minimum Gasteiger partial charge on any atom is -0.493 e. The lowest BCUT2D eigenvalue weighted by Crippen LogP contribution is -2.30. The van der Waals surface area contributed by atoms with E-state index in [4.69, 9.17) is 26.4 Å². The number of nitrogens with zero attached hydrogens (tertiary/aromatic N) is 2. The highest BCUT2D eigenvalue weighted by atomic mass is 32.2. The van der Waals surface area contributed by atoms with Gasteiger partial charge in [-0.2, -0.15) is 0 Å². The van der Waals surface area contributed by atoms with E-state index in [-0.39, 0.29) is 22.9 Å². The Morgan fingerprint density at radius 3 is 2.47 bits per heavy atom. The Kier molecular flexibility index (Phi) is 8.39. The Morgan fingerprint density at radius 2 is 1.79 bits per heavy atom. The van der Waals surface area contributed by atoms with E-state index in [1.54, 1.807) is 49.5 Å². The van der Waals surface area contributed by atoms with Gasteiger partial charge in [-0.3, -0.25) is 19.8 Å². The SMILES string of the molecule is COc1ccc(CCN2C(=O)C(=Cc3ccc(OC(=O)c4cccc([N+](=O)[O-])c4)cc3)SC2=S)cc1OC. The normalized spacial score (nSPS) is 14.1. The number of nitro groups is 1. The zero-order chi connectivity index (χ0) is 27.2. The number of carbonyl (C=O) groups is 2. The van der Waals surface area contributed by atoms with Crippen LogP contribution in [0.2, 0.25) is 0 Å². The molecule has 0 aromatic heterocycles. The molecule has 1 heterocycles. The van der Waals surface area contributed by atoms with Gasteiger partial charge in [-0.15, -0.1) is 0 Å². The number of carbonyl (C=O) groups excluding carboxylic acids is 2. The maximum absolute atomic E-state index is 13.0. The van der Waals surface area contributed by atoms with Gasteiger partial charge in [0.15, 0.2) is 11.5 Å². The quantitative estimate of drug-likeness (QED) is 0.0878. The summed E-state index contributed by atoms with van der Waals surface area (Å²) in [5, 5.41) is 10.9. The molecule has 0 bridgehead atoms.